The molecule has 0 fully saturated rings. The number of rotatable bonds is 8. The zero-order valence-corrected chi connectivity index (χ0v) is 30.7. The largest absolute Gasteiger partial charge is 0.383 e. The van der Waals surface area contributed by atoms with Gasteiger partial charge in [-0.25, -0.2) is 9.98 Å². The van der Waals surface area contributed by atoms with Crippen LogP contribution in [-0.4, -0.2) is 16.7 Å². The van der Waals surface area contributed by atoms with Gasteiger partial charge in [0.15, 0.2) is 6.17 Å². The molecule has 266 valence electrons. The van der Waals surface area contributed by atoms with Crippen molar-refractivity contribution in [2.45, 2.75) is 11.6 Å². The van der Waals surface area contributed by atoms with E-state index in [1.165, 1.54) is 33.4 Å². The lowest BCUT2D eigenvalue weighted by Gasteiger charge is -2.33. The maximum Gasteiger partial charge on any atom is 0.169 e. The van der Waals surface area contributed by atoms with Gasteiger partial charge in [-0.2, -0.15) is 0 Å². The molecule has 8 aromatic carbocycles. The number of aromatic nitrogens is 1. The smallest absolute Gasteiger partial charge is 0.169 e. The standard InChI is InChI=1S/C52H38N4/c53-50(37-20-8-2-9-21-37)55-51(38-22-10-3-11-23-38)54-35-56-48-32-39(36-18-6-1-7-19-36)30-31-43(48)45-33-47-44(34-49(45)56)42-28-16-17-29-46(42)52(47,40-24-12-4-13-25-40)41-26-14-5-15-27-41/h1-35,51H,(H2,53,55). The van der Waals surface area contributed by atoms with E-state index >= 15 is 0 Å². The molecule has 1 heterocycles. The molecule has 1 aliphatic carbocycles. The van der Waals surface area contributed by atoms with Gasteiger partial charge in [0, 0.05) is 16.3 Å². The van der Waals surface area contributed by atoms with Gasteiger partial charge in [-0.15, -0.1) is 0 Å². The normalized spacial score (nSPS) is 13.9. The molecule has 0 saturated carbocycles. The molecule has 0 amide bonds. The minimum atomic E-state index is -0.555. The Balaban J connectivity index is 1.25. The molecule has 0 bridgehead atoms. The van der Waals surface area contributed by atoms with Gasteiger partial charge in [0.05, 0.1) is 22.8 Å². The second kappa shape index (κ2) is 13.8. The maximum absolute atomic E-state index is 6.64. The molecule has 1 unspecified atom stereocenters. The van der Waals surface area contributed by atoms with Crippen LogP contribution in [0.1, 0.15) is 39.5 Å². The summed E-state index contributed by atoms with van der Waals surface area (Å²) in [6.45, 7) is 0. The molecule has 1 atom stereocenters. The molecule has 2 N–H and O–H groups in total. The molecular weight excluding hydrogens is 681 g/mol. The molecule has 0 radical (unpaired) electrons. The van der Waals surface area contributed by atoms with Crippen LogP contribution in [0.15, 0.2) is 216 Å². The fourth-order valence-corrected chi connectivity index (χ4v) is 8.68. The zero-order chi connectivity index (χ0) is 37.5. The first-order valence-corrected chi connectivity index (χ1v) is 19.1. The number of aliphatic imine (C=N–C) groups is 2. The van der Waals surface area contributed by atoms with Crippen LogP contribution in [0, 0.1) is 0 Å². The third kappa shape index (κ3) is 5.46. The average molecular weight is 719 g/mol. The molecule has 4 nitrogen and oxygen atoms in total. The fraction of sp³-hybridized carbons (Fsp3) is 0.0385. The average Bonchev–Trinajstić information content (AvgIpc) is 3.74. The Bertz CT molecular complexity index is 2860. The van der Waals surface area contributed by atoms with E-state index in [9.17, 15) is 0 Å². The van der Waals surface area contributed by atoms with Gasteiger partial charge in [-0.3, -0.25) is 0 Å². The Hall–Kier alpha value is -7.30. The highest BCUT2D eigenvalue weighted by Gasteiger charge is 2.46. The van der Waals surface area contributed by atoms with E-state index in [0.717, 1.165) is 44.1 Å². The van der Waals surface area contributed by atoms with Gasteiger partial charge in [0.1, 0.15) is 5.84 Å². The summed E-state index contributed by atoms with van der Waals surface area (Å²) in [4.78, 5) is 10.2. The minimum absolute atomic E-state index is 0.442. The number of hydrogen-bond donors (Lipinski definition) is 1. The van der Waals surface area contributed by atoms with Crippen molar-refractivity contribution in [3.63, 3.8) is 0 Å². The zero-order valence-electron chi connectivity index (χ0n) is 30.7. The lowest BCUT2D eigenvalue weighted by molar-refractivity contribution is 0.769. The molecule has 4 heteroatoms. The van der Waals surface area contributed by atoms with Gasteiger partial charge in [-0.1, -0.05) is 188 Å². The Kier molecular flexibility index (Phi) is 8.23. The van der Waals surface area contributed by atoms with Crippen molar-refractivity contribution in [1.29, 1.82) is 0 Å². The number of nitrogens with zero attached hydrogens (tertiary/aromatic N) is 3. The predicted molar refractivity (Wildman–Crippen MR) is 232 cm³/mol. The fourth-order valence-electron chi connectivity index (χ4n) is 8.68. The molecule has 0 saturated heterocycles. The number of hydrogen-bond acceptors (Lipinski definition) is 2. The van der Waals surface area contributed by atoms with E-state index in [1.54, 1.807) is 0 Å². The van der Waals surface area contributed by atoms with Gasteiger partial charge >= 0.3 is 0 Å². The third-order valence-electron chi connectivity index (χ3n) is 11.2. The Morgan fingerprint density at radius 1 is 0.500 bits per heavy atom. The Labute approximate surface area is 326 Å². The van der Waals surface area contributed by atoms with E-state index in [-0.39, 0.29) is 0 Å². The van der Waals surface area contributed by atoms with Crippen LogP contribution in [0.5, 0.6) is 0 Å². The number of benzene rings is 8. The van der Waals surface area contributed by atoms with Gasteiger partial charge < -0.3 is 10.3 Å². The van der Waals surface area contributed by atoms with E-state index in [4.69, 9.17) is 15.7 Å². The monoisotopic (exact) mass is 718 g/mol. The molecule has 56 heavy (non-hydrogen) atoms. The van der Waals surface area contributed by atoms with Crippen molar-refractivity contribution in [2.75, 3.05) is 0 Å². The Morgan fingerprint density at radius 3 is 1.75 bits per heavy atom. The van der Waals surface area contributed by atoms with Crippen molar-refractivity contribution in [1.82, 2.24) is 4.57 Å². The number of fused-ring (bicyclic) bond motifs is 6. The van der Waals surface area contributed by atoms with E-state index in [2.05, 4.69) is 162 Å². The number of nitrogens with two attached hydrogens (primary N) is 1. The van der Waals surface area contributed by atoms with Crippen molar-refractivity contribution in [3.8, 4) is 22.3 Å². The van der Waals surface area contributed by atoms with Crippen LogP contribution < -0.4 is 5.73 Å². The molecule has 0 aliphatic heterocycles. The quantitative estimate of drug-likeness (QED) is 0.123. The van der Waals surface area contributed by atoms with Crippen LogP contribution in [0.4, 0.5) is 0 Å². The SMILES string of the molecule is NC(=NC(N=Cn1c2cc(-c3ccccc3)ccc2c2cc3c(cc21)-c1ccccc1C3(c1ccccc1)c1ccccc1)c1ccccc1)c1ccccc1. The summed E-state index contributed by atoms with van der Waals surface area (Å²) in [5.41, 5.74) is 19.9. The van der Waals surface area contributed by atoms with Crippen molar-refractivity contribution < 1.29 is 0 Å². The van der Waals surface area contributed by atoms with Gasteiger partial charge in [-0.05, 0) is 68.3 Å². The molecule has 10 rings (SSSR count). The van der Waals surface area contributed by atoms with Crippen LogP contribution in [-0.2, 0) is 5.41 Å². The predicted octanol–water partition coefficient (Wildman–Crippen LogP) is 11.8. The molecule has 1 aromatic heterocycles. The van der Waals surface area contributed by atoms with Gasteiger partial charge in [0.2, 0.25) is 0 Å². The summed E-state index contributed by atoms with van der Waals surface area (Å²) in [7, 11) is 0. The maximum atomic E-state index is 6.64. The summed E-state index contributed by atoms with van der Waals surface area (Å²) < 4.78 is 2.25. The first kappa shape index (κ1) is 33.3. The van der Waals surface area contributed by atoms with E-state index in [1.807, 2.05) is 54.9 Å². The lowest BCUT2D eigenvalue weighted by atomic mass is 9.67. The highest BCUT2D eigenvalue weighted by molar-refractivity contribution is 6.14. The molecule has 0 spiro atoms. The van der Waals surface area contributed by atoms with Crippen LogP contribution in [0.2, 0.25) is 0 Å². The van der Waals surface area contributed by atoms with Crippen LogP contribution in [0.25, 0.3) is 44.1 Å². The summed E-state index contributed by atoms with van der Waals surface area (Å²) in [6.07, 6.45) is 1.40. The van der Waals surface area contributed by atoms with E-state index < -0.39 is 11.6 Å². The third-order valence-corrected chi connectivity index (χ3v) is 11.2. The first-order chi connectivity index (χ1) is 27.7. The lowest BCUT2D eigenvalue weighted by Crippen LogP contribution is -2.28. The second-order valence-electron chi connectivity index (χ2n) is 14.3. The summed E-state index contributed by atoms with van der Waals surface area (Å²) in [6, 6.07) is 73.0. The summed E-state index contributed by atoms with van der Waals surface area (Å²) in [5, 5.41) is 2.32. The second-order valence-corrected chi connectivity index (χ2v) is 14.3. The summed E-state index contributed by atoms with van der Waals surface area (Å²) in [5.74, 6) is 0.442. The Morgan fingerprint density at radius 2 is 1.07 bits per heavy atom. The van der Waals surface area contributed by atoms with Crippen LogP contribution in [0.3, 0.4) is 0 Å². The highest BCUT2D eigenvalue weighted by Crippen LogP contribution is 2.57. The molecule has 1 aliphatic rings. The van der Waals surface area contributed by atoms with Crippen LogP contribution >= 0.6 is 0 Å². The summed E-state index contributed by atoms with van der Waals surface area (Å²) >= 11 is 0. The minimum Gasteiger partial charge on any atom is -0.383 e. The van der Waals surface area contributed by atoms with Crippen molar-refractivity contribution in [2.24, 2.45) is 15.7 Å². The van der Waals surface area contributed by atoms with E-state index in [0.29, 0.717) is 5.84 Å². The number of amidine groups is 1. The molecule has 9 aromatic rings. The molecular formula is C52H38N4. The highest BCUT2D eigenvalue weighted by atomic mass is 15.1. The van der Waals surface area contributed by atoms with Gasteiger partial charge in [0.25, 0.3) is 0 Å². The van der Waals surface area contributed by atoms with Crippen molar-refractivity contribution in [3.05, 3.63) is 240 Å². The van der Waals surface area contributed by atoms with Crippen molar-refractivity contribution >= 4 is 34.0 Å². The first-order valence-electron chi connectivity index (χ1n) is 19.1. The topological polar surface area (TPSA) is 55.7 Å².